The summed E-state index contributed by atoms with van der Waals surface area (Å²) in [4.78, 5) is 15.7. The molecule has 1 heterocycles. The number of hydroxylamine groups is 1. The molecule has 7 nitrogen and oxygen atoms in total. The normalized spacial score (nSPS) is 11.9. The van der Waals surface area contributed by atoms with Crippen molar-refractivity contribution in [2.24, 2.45) is 5.41 Å². The van der Waals surface area contributed by atoms with Crippen molar-refractivity contribution < 1.29 is 23.2 Å². The first-order valence-electron chi connectivity index (χ1n) is 7.20. The quantitative estimate of drug-likeness (QED) is 0.640. The van der Waals surface area contributed by atoms with Gasteiger partial charge in [0.25, 0.3) is 15.9 Å². The zero-order valence-electron chi connectivity index (χ0n) is 13.8. The van der Waals surface area contributed by atoms with E-state index in [9.17, 15) is 18.4 Å². The molecule has 0 aliphatic carbocycles. The van der Waals surface area contributed by atoms with Crippen LogP contribution in [0.1, 0.15) is 20.8 Å². The highest BCUT2D eigenvalue weighted by atomic mass is 35.5. The van der Waals surface area contributed by atoms with Crippen molar-refractivity contribution in [3.8, 4) is 11.6 Å². The Morgan fingerprint density at radius 3 is 2.24 bits per heavy atom. The van der Waals surface area contributed by atoms with Crippen molar-refractivity contribution in [2.75, 3.05) is 0 Å². The van der Waals surface area contributed by atoms with E-state index in [4.69, 9.17) is 16.3 Å². The van der Waals surface area contributed by atoms with Crippen molar-refractivity contribution in [1.29, 1.82) is 0 Å². The van der Waals surface area contributed by atoms with E-state index in [1.165, 1.54) is 51.2 Å². The van der Waals surface area contributed by atoms with E-state index in [1.54, 1.807) is 12.1 Å². The van der Waals surface area contributed by atoms with Gasteiger partial charge in [0.05, 0.1) is 9.92 Å². The number of rotatable bonds is 4. The molecular weight excluding hydrogens is 368 g/mol. The molecule has 9 heteroatoms. The average molecular weight is 385 g/mol. The molecule has 1 amide bonds. The number of halogens is 1. The predicted octanol–water partition coefficient (Wildman–Crippen LogP) is 3.48. The van der Waals surface area contributed by atoms with E-state index < -0.39 is 21.3 Å². The lowest BCUT2D eigenvalue weighted by Gasteiger charge is -2.23. The largest absolute Gasteiger partial charge is 0.439 e. The second kappa shape index (κ2) is 6.99. The van der Waals surface area contributed by atoms with Gasteiger partial charge in [-0.2, -0.15) is 8.42 Å². The molecule has 1 aromatic heterocycles. The van der Waals surface area contributed by atoms with E-state index in [0.717, 1.165) is 0 Å². The topological polar surface area (TPSA) is 96.8 Å². The van der Waals surface area contributed by atoms with E-state index >= 15 is 0 Å². The Kier molecular flexibility index (Phi) is 5.36. The molecule has 0 saturated carbocycles. The van der Waals surface area contributed by atoms with Gasteiger partial charge in [-0.05, 0) is 30.3 Å². The molecule has 1 N–H and O–H groups in total. The fraction of sp³-hybridized carbons (Fsp3) is 0.250. The molecule has 0 atom stereocenters. The Hall–Kier alpha value is -2.16. The number of aromatic nitrogens is 1. The molecule has 0 saturated heterocycles. The van der Waals surface area contributed by atoms with Crippen LogP contribution in [-0.2, 0) is 14.8 Å². The van der Waals surface area contributed by atoms with Crippen LogP contribution in [0.5, 0.6) is 11.6 Å². The van der Waals surface area contributed by atoms with Gasteiger partial charge >= 0.3 is 0 Å². The van der Waals surface area contributed by atoms with Gasteiger partial charge in [-0.3, -0.25) is 10.0 Å². The number of hydrogen-bond acceptors (Lipinski definition) is 6. The Labute approximate surface area is 150 Å². The average Bonchev–Trinajstić information content (AvgIpc) is 2.55. The zero-order valence-corrected chi connectivity index (χ0v) is 15.4. The zero-order chi connectivity index (χ0) is 18.8. The number of pyridine rings is 1. The number of amides is 1. The molecule has 1 aromatic carbocycles. The third-order valence-electron chi connectivity index (χ3n) is 3.09. The standard InChI is InChI=1S/C16H17ClN2O5S/c1-16(2,3)15(20)19(21)25(22,23)13-7-5-12(6-8-13)24-14-9-4-11(17)10-18-14/h4-10,21H,1-3H3. The van der Waals surface area contributed by atoms with Crippen LogP contribution in [0.3, 0.4) is 0 Å². The van der Waals surface area contributed by atoms with E-state index in [0.29, 0.717) is 10.8 Å². The Morgan fingerprint density at radius 1 is 1.16 bits per heavy atom. The van der Waals surface area contributed by atoms with Crippen LogP contribution in [0.4, 0.5) is 0 Å². The number of benzene rings is 1. The minimum absolute atomic E-state index is 0.233. The number of carbonyl (C=O) groups excluding carboxylic acids is 1. The molecule has 0 bridgehead atoms. The summed E-state index contributed by atoms with van der Waals surface area (Å²) in [5.41, 5.74) is -1.05. The molecule has 0 spiro atoms. The van der Waals surface area contributed by atoms with Crippen LogP contribution in [-0.4, -0.2) is 29.0 Å². The van der Waals surface area contributed by atoms with E-state index in [-0.39, 0.29) is 15.2 Å². The smallest absolute Gasteiger partial charge is 0.289 e. The SMILES string of the molecule is CC(C)(C)C(=O)N(O)S(=O)(=O)c1ccc(Oc2ccc(Cl)cn2)cc1. The summed E-state index contributed by atoms with van der Waals surface area (Å²) in [7, 11) is -4.37. The molecule has 2 rings (SSSR count). The molecule has 0 unspecified atom stereocenters. The highest BCUT2D eigenvalue weighted by molar-refractivity contribution is 7.89. The second-order valence-corrected chi connectivity index (χ2v) is 8.40. The first-order valence-corrected chi connectivity index (χ1v) is 9.02. The van der Waals surface area contributed by atoms with Crippen molar-refractivity contribution in [3.05, 3.63) is 47.6 Å². The van der Waals surface area contributed by atoms with Crippen molar-refractivity contribution in [2.45, 2.75) is 25.7 Å². The van der Waals surface area contributed by atoms with Gasteiger partial charge in [0.1, 0.15) is 5.75 Å². The molecule has 134 valence electrons. The Morgan fingerprint density at radius 2 is 1.76 bits per heavy atom. The lowest BCUT2D eigenvalue weighted by molar-refractivity contribution is -0.154. The van der Waals surface area contributed by atoms with Crippen molar-refractivity contribution >= 4 is 27.5 Å². The highest BCUT2D eigenvalue weighted by Crippen LogP contribution is 2.25. The third-order valence-corrected chi connectivity index (χ3v) is 4.80. The lowest BCUT2D eigenvalue weighted by Crippen LogP contribution is -2.41. The second-order valence-electron chi connectivity index (χ2n) is 6.19. The van der Waals surface area contributed by atoms with Crippen LogP contribution in [0, 0.1) is 5.41 Å². The maximum absolute atomic E-state index is 12.3. The van der Waals surface area contributed by atoms with Crippen LogP contribution in [0.2, 0.25) is 5.02 Å². The van der Waals surface area contributed by atoms with Gasteiger partial charge in [-0.1, -0.05) is 32.4 Å². The maximum Gasteiger partial charge on any atom is 0.289 e. The number of sulfonamides is 1. The first-order chi connectivity index (χ1) is 11.5. The van der Waals surface area contributed by atoms with Gasteiger partial charge in [0.2, 0.25) is 5.88 Å². The summed E-state index contributed by atoms with van der Waals surface area (Å²) in [6.45, 7) is 4.51. The molecule has 25 heavy (non-hydrogen) atoms. The van der Waals surface area contributed by atoms with E-state index in [2.05, 4.69) is 4.98 Å². The molecule has 0 aliphatic heterocycles. The first kappa shape index (κ1) is 19.2. The summed E-state index contributed by atoms with van der Waals surface area (Å²) < 4.78 is 29.9. The fourth-order valence-electron chi connectivity index (χ4n) is 1.72. The Bertz CT molecular complexity index is 859. The summed E-state index contributed by atoms with van der Waals surface area (Å²) >= 11 is 5.73. The van der Waals surface area contributed by atoms with Crippen LogP contribution >= 0.6 is 11.6 Å². The summed E-state index contributed by atoms with van der Waals surface area (Å²) in [6, 6.07) is 8.38. The lowest BCUT2D eigenvalue weighted by atomic mass is 9.96. The number of nitrogens with zero attached hydrogens (tertiary/aromatic N) is 2. The third kappa shape index (κ3) is 4.47. The summed E-state index contributed by atoms with van der Waals surface area (Å²) in [6.07, 6.45) is 1.41. The summed E-state index contributed by atoms with van der Waals surface area (Å²) in [5, 5.41) is 10.3. The number of hydrogen-bond donors (Lipinski definition) is 1. The maximum atomic E-state index is 12.3. The number of ether oxygens (including phenoxy) is 1. The van der Waals surface area contributed by atoms with Crippen LogP contribution in [0.15, 0.2) is 47.5 Å². The highest BCUT2D eigenvalue weighted by Gasteiger charge is 2.35. The molecule has 0 aliphatic rings. The molecule has 0 fully saturated rings. The minimum atomic E-state index is -4.37. The predicted molar refractivity (Wildman–Crippen MR) is 91.0 cm³/mol. The summed E-state index contributed by atoms with van der Waals surface area (Å²) in [5.74, 6) is -0.315. The minimum Gasteiger partial charge on any atom is -0.439 e. The molecular formula is C16H17ClN2O5S. The Balaban J connectivity index is 2.20. The van der Waals surface area contributed by atoms with Gasteiger partial charge < -0.3 is 4.74 Å². The number of carbonyl (C=O) groups is 1. The molecule has 0 radical (unpaired) electrons. The van der Waals surface area contributed by atoms with Gasteiger partial charge in [0.15, 0.2) is 0 Å². The fourth-order valence-corrected chi connectivity index (χ4v) is 3.00. The van der Waals surface area contributed by atoms with Gasteiger partial charge in [0, 0.05) is 17.7 Å². The van der Waals surface area contributed by atoms with Crippen LogP contribution < -0.4 is 4.74 Å². The van der Waals surface area contributed by atoms with Gasteiger partial charge in [-0.15, -0.1) is 4.47 Å². The van der Waals surface area contributed by atoms with Gasteiger partial charge in [-0.25, -0.2) is 4.98 Å². The molecule has 2 aromatic rings. The van der Waals surface area contributed by atoms with E-state index in [1.807, 2.05) is 0 Å². The van der Waals surface area contributed by atoms with Crippen LogP contribution in [0.25, 0.3) is 0 Å². The van der Waals surface area contributed by atoms with Crippen molar-refractivity contribution in [3.63, 3.8) is 0 Å². The monoisotopic (exact) mass is 384 g/mol. The van der Waals surface area contributed by atoms with Crippen molar-refractivity contribution in [1.82, 2.24) is 9.45 Å².